The Morgan fingerprint density at radius 2 is 1.87 bits per heavy atom. The SMILES string of the molecule is Nc1ncc(-c2cn[nH]c2)cc1-c1nc(-c2ccccc2)no1. The molecule has 0 aliphatic rings. The first kappa shape index (κ1) is 13.2. The molecule has 4 aromatic rings. The smallest absolute Gasteiger partial charge is 0.262 e. The van der Waals surface area contributed by atoms with E-state index in [1.807, 2.05) is 36.4 Å². The second kappa shape index (κ2) is 5.38. The number of anilines is 1. The van der Waals surface area contributed by atoms with Crippen LogP contribution in [0, 0.1) is 0 Å². The molecule has 3 aromatic heterocycles. The van der Waals surface area contributed by atoms with Crippen LogP contribution in [0.5, 0.6) is 0 Å². The molecule has 0 radical (unpaired) electrons. The summed E-state index contributed by atoms with van der Waals surface area (Å²) >= 11 is 0. The predicted molar refractivity (Wildman–Crippen MR) is 85.0 cm³/mol. The van der Waals surface area contributed by atoms with Gasteiger partial charge < -0.3 is 10.3 Å². The molecule has 0 saturated carbocycles. The van der Waals surface area contributed by atoms with Gasteiger partial charge in [0.15, 0.2) is 0 Å². The maximum Gasteiger partial charge on any atom is 0.262 e. The lowest BCUT2D eigenvalue weighted by Crippen LogP contribution is -1.95. The third-order valence-corrected chi connectivity index (χ3v) is 3.44. The highest BCUT2D eigenvalue weighted by Gasteiger charge is 2.15. The molecule has 0 fully saturated rings. The van der Waals surface area contributed by atoms with Gasteiger partial charge in [0, 0.05) is 29.1 Å². The van der Waals surface area contributed by atoms with Gasteiger partial charge in [-0.05, 0) is 6.07 Å². The Labute approximate surface area is 131 Å². The van der Waals surface area contributed by atoms with Crippen molar-refractivity contribution in [2.45, 2.75) is 0 Å². The van der Waals surface area contributed by atoms with E-state index in [1.54, 1.807) is 18.6 Å². The van der Waals surface area contributed by atoms with Gasteiger partial charge in [0.1, 0.15) is 5.82 Å². The third kappa shape index (κ3) is 2.44. The van der Waals surface area contributed by atoms with Crippen molar-refractivity contribution in [3.05, 3.63) is 55.0 Å². The first-order chi connectivity index (χ1) is 11.3. The van der Waals surface area contributed by atoms with Crippen molar-refractivity contribution < 1.29 is 4.52 Å². The lowest BCUT2D eigenvalue weighted by Gasteiger charge is -2.02. The fraction of sp³-hybridized carbons (Fsp3) is 0. The average Bonchev–Trinajstić information content (AvgIpc) is 3.28. The lowest BCUT2D eigenvalue weighted by molar-refractivity contribution is 0.432. The van der Waals surface area contributed by atoms with Crippen LogP contribution in [0.15, 0.2) is 59.5 Å². The van der Waals surface area contributed by atoms with Gasteiger partial charge in [-0.3, -0.25) is 5.10 Å². The van der Waals surface area contributed by atoms with Crippen molar-refractivity contribution in [3.63, 3.8) is 0 Å². The van der Waals surface area contributed by atoms with E-state index in [0.29, 0.717) is 23.1 Å². The van der Waals surface area contributed by atoms with Crippen molar-refractivity contribution in [2.75, 3.05) is 5.73 Å². The van der Waals surface area contributed by atoms with Crippen LogP contribution in [0.25, 0.3) is 34.0 Å². The predicted octanol–water partition coefficient (Wildman–Crippen LogP) is 2.77. The van der Waals surface area contributed by atoms with E-state index < -0.39 is 0 Å². The number of aromatic amines is 1. The van der Waals surface area contributed by atoms with Crippen LogP contribution < -0.4 is 5.73 Å². The van der Waals surface area contributed by atoms with Gasteiger partial charge in [0.25, 0.3) is 5.89 Å². The van der Waals surface area contributed by atoms with Crippen LogP contribution in [-0.4, -0.2) is 25.3 Å². The molecule has 0 atom stereocenters. The summed E-state index contributed by atoms with van der Waals surface area (Å²) < 4.78 is 5.35. The Morgan fingerprint density at radius 3 is 2.65 bits per heavy atom. The fourth-order valence-corrected chi connectivity index (χ4v) is 2.25. The van der Waals surface area contributed by atoms with Crippen LogP contribution in [-0.2, 0) is 0 Å². The molecule has 0 aliphatic heterocycles. The number of benzene rings is 1. The van der Waals surface area contributed by atoms with E-state index in [0.717, 1.165) is 16.7 Å². The topological polar surface area (TPSA) is 107 Å². The highest BCUT2D eigenvalue weighted by atomic mass is 16.5. The average molecular weight is 304 g/mol. The number of nitrogens with one attached hydrogen (secondary N) is 1. The lowest BCUT2D eigenvalue weighted by atomic mass is 10.1. The maximum absolute atomic E-state index is 5.96. The number of H-pyrrole nitrogens is 1. The summed E-state index contributed by atoms with van der Waals surface area (Å²) in [7, 11) is 0. The zero-order valence-electron chi connectivity index (χ0n) is 12.0. The fourth-order valence-electron chi connectivity index (χ4n) is 2.25. The standard InChI is InChI=1S/C16H12N6O/c17-14-13(6-11(7-18-14)12-8-19-20-9-12)16-21-15(22-23-16)10-4-2-1-3-5-10/h1-9H,(H2,17,18)(H,19,20). The summed E-state index contributed by atoms with van der Waals surface area (Å²) in [4.78, 5) is 8.61. The molecule has 112 valence electrons. The zero-order valence-corrected chi connectivity index (χ0v) is 12.0. The second-order valence-electron chi connectivity index (χ2n) is 4.93. The Hall–Kier alpha value is -3.48. The molecule has 3 N–H and O–H groups in total. The summed E-state index contributed by atoms with van der Waals surface area (Å²) in [6.07, 6.45) is 5.17. The third-order valence-electron chi connectivity index (χ3n) is 3.44. The summed E-state index contributed by atoms with van der Waals surface area (Å²) in [5, 5.41) is 10.7. The molecule has 23 heavy (non-hydrogen) atoms. The Bertz CT molecular complexity index is 930. The van der Waals surface area contributed by atoms with E-state index in [-0.39, 0.29) is 0 Å². The first-order valence-electron chi connectivity index (χ1n) is 6.95. The van der Waals surface area contributed by atoms with Gasteiger partial charge in [-0.1, -0.05) is 35.5 Å². The summed E-state index contributed by atoms with van der Waals surface area (Å²) in [6.45, 7) is 0. The van der Waals surface area contributed by atoms with E-state index in [4.69, 9.17) is 10.3 Å². The van der Waals surface area contributed by atoms with E-state index in [2.05, 4.69) is 25.3 Å². The van der Waals surface area contributed by atoms with Crippen molar-refractivity contribution in [3.8, 4) is 34.0 Å². The Kier molecular flexibility index (Phi) is 3.09. The summed E-state index contributed by atoms with van der Waals surface area (Å²) in [5.41, 5.74) is 9.20. The molecule has 0 bridgehead atoms. The van der Waals surface area contributed by atoms with Crippen molar-refractivity contribution >= 4 is 5.82 Å². The quantitative estimate of drug-likeness (QED) is 0.602. The minimum absolute atomic E-state index is 0.333. The first-order valence-corrected chi connectivity index (χ1v) is 6.95. The van der Waals surface area contributed by atoms with Crippen molar-refractivity contribution in [1.29, 1.82) is 0 Å². The summed E-state index contributed by atoms with van der Waals surface area (Å²) in [5.74, 6) is 1.17. The van der Waals surface area contributed by atoms with Crippen molar-refractivity contribution in [2.24, 2.45) is 0 Å². The Balaban J connectivity index is 1.76. The molecule has 7 heteroatoms. The number of rotatable bonds is 3. The van der Waals surface area contributed by atoms with Crippen LogP contribution >= 0.6 is 0 Å². The van der Waals surface area contributed by atoms with Crippen LogP contribution in [0.3, 0.4) is 0 Å². The highest BCUT2D eigenvalue weighted by molar-refractivity contribution is 5.75. The molecule has 0 saturated heterocycles. The monoisotopic (exact) mass is 304 g/mol. The molecule has 0 spiro atoms. The minimum Gasteiger partial charge on any atom is -0.383 e. The van der Waals surface area contributed by atoms with E-state index in [9.17, 15) is 0 Å². The molecule has 7 nitrogen and oxygen atoms in total. The Morgan fingerprint density at radius 1 is 1.00 bits per heavy atom. The zero-order chi connectivity index (χ0) is 15.6. The molecule has 4 rings (SSSR count). The van der Waals surface area contributed by atoms with Crippen LogP contribution in [0.1, 0.15) is 0 Å². The minimum atomic E-state index is 0.333. The molecular weight excluding hydrogens is 292 g/mol. The number of nitrogens with two attached hydrogens (primary N) is 1. The van der Waals surface area contributed by atoms with E-state index in [1.165, 1.54) is 0 Å². The van der Waals surface area contributed by atoms with Gasteiger partial charge in [0.2, 0.25) is 5.82 Å². The number of aromatic nitrogens is 5. The largest absolute Gasteiger partial charge is 0.383 e. The maximum atomic E-state index is 5.96. The van der Waals surface area contributed by atoms with Gasteiger partial charge in [-0.15, -0.1) is 0 Å². The van der Waals surface area contributed by atoms with Crippen LogP contribution in [0.2, 0.25) is 0 Å². The summed E-state index contributed by atoms with van der Waals surface area (Å²) in [6, 6.07) is 11.5. The van der Waals surface area contributed by atoms with Gasteiger partial charge in [-0.25, -0.2) is 4.98 Å². The van der Waals surface area contributed by atoms with E-state index >= 15 is 0 Å². The van der Waals surface area contributed by atoms with Crippen molar-refractivity contribution in [1.82, 2.24) is 25.3 Å². The number of nitrogen functional groups attached to an aromatic ring is 1. The number of hydrogen-bond donors (Lipinski definition) is 2. The van der Waals surface area contributed by atoms with Gasteiger partial charge in [-0.2, -0.15) is 10.1 Å². The van der Waals surface area contributed by atoms with Gasteiger partial charge in [0.05, 0.1) is 11.8 Å². The second-order valence-corrected chi connectivity index (χ2v) is 4.93. The normalized spacial score (nSPS) is 10.8. The van der Waals surface area contributed by atoms with Crippen LogP contribution in [0.4, 0.5) is 5.82 Å². The molecule has 0 unspecified atom stereocenters. The number of nitrogens with zero attached hydrogens (tertiary/aromatic N) is 4. The van der Waals surface area contributed by atoms with Gasteiger partial charge >= 0.3 is 0 Å². The number of pyridine rings is 1. The molecule has 0 aliphatic carbocycles. The molecule has 3 heterocycles. The number of hydrogen-bond acceptors (Lipinski definition) is 6. The highest BCUT2D eigenvalue weighted by Crippen LogP contribution is 2.29. The molecule has 0 amide bonds. The molecular formula is C16H12N6O. The molecule has 1 aromatic carbocycles.